The highest BCUT2D eigenvalue weighted by atomic mass is 79.9. The normalized spacial score (nSPS) is 18.2. The lowest BCUT2D eigenvalue weighted by molar-refractivity contribution is 0.443. The fraction of sp³-hybridized carbons (Fsp3) is 0.500. The third-order valence-electron chi connectivity index (χ3n) is 3.22. The van der Waals surface area contributed by atoms with Gasteiger partial charge in [-0.25, -0.2) is 0 Å². The standard InChI is InChI=1S/C12H15Br2N.ClH/c13-9-5-6-11(14)10(7-9)12(15)8-3-1-2-4-8;/h5-8,12H,1-4,15H2;1H/t12-;/m0./s1. The molecule has 1 aromatic rings. The molecule has 0 amide bonds. The molecule has 2 rings (SSSR count). The van der Waals surface area contributed by atoms with Crippen LogP contribution < -0.4 is 5.73 Å². The molecule has 0 radical (unpaired) electrons. The Balaban J connectivity index is 0.00000128. The van der Waals surface area contributed by atoms with Gasteiger partial charge in [0.2, 0.25) is 0 Å². The molecule has 0 aliphatic heterocycles. The first-order valence-electron chi connectivity index (χ1n) is 5.39. The highest BCUT2D eigenvalue weighted by Crippen LogP contribution is 2.37. The van der Waals surface area contributed by atoms with Crippen molar-refractivity contribution in [1.29, 1.82) is 0 Å². The van der Waals surface area contributed by atoms with Gasteiger partial charge in [0.1, 0.15) is 0 Å². The van der Waals surface area contributed by atoms with E-state index in [0.717, 1.165) is 8.95 Å². The molecule has 0 aromatic heterocycles. The largest absolute Gasteiger partial charge is 0.324 e. The molecule has 1 fully saturated rings. The van der Waals surface area contributed by atoms with E-state index in [0.29, 0.717) is 5.92 Å². The molecule has 1 aliphatic rings. The van der Waals surface area contributed by atoms with E-state index in [2.05, 4.69) is 44.0 Å². The quantitative estimate of drug-likeness (QED) is 0.794. The number of benzene rings is 1. The van der Waals surface area contributed by atoms with Crippen LogP contribution in [0.1, 0.15) is 37.3 Å². The Labute approximate surface area is 120 Å². The monoisotopic (exact) mass is 367 g/mol. The molecule has 90 valence electrons. The predicted octanol–water partition coefficient (Wildman–Crippen LogP) is 4.82. The van der Waals surface area contributed by atoms with E-state index in [4.69, 9.17) is 5.73 Å². The van der Waals surface area contributed by atoms with Crippen LogP contribution in [0.15, 0.2) is 27.1 Å². The fourth-order valence-electron chi connectivity index (χ4n) is 2.34. The van der Waals surface area contributed by atoms with Crippen molar-refractivity contribution in [3.8, 4) is 0 Å². The van der Waals surface area contributed by atoms with Gasteiger partial charge in [-0.05, 0) is 42.5 Å². The molecule has 0 spiro atoms. The summed E-state index contributed by atoms with van der Waals surface area (Å²) in [4.78, 5) is 0. The third-order valence-corrected chi connectivity index (χ3v) is 4.44. The van der Waals surface area contributed by atoms with Crippen molar-refractivity contribution < 1.29 is 0 Å². The van der Waals surface area contributed by atoms with Gasteiger partial charge in [-0.1, -0.05) is 44.7 Å². The van der Waals surface area contributed by atoms with Gasteiger partial charge in [0.05, 0.1) is 0 Å². The summed E-state index contributed by atoms with van der Waals surface area (Å²) in [7, 11) is 0. The number of hydrogen-bond donors (Lipinski definition) is 1. The van der Waals surface area contributed by atoms with Gasteiger partial charge >= 0.3 is 0 Å². The Bertz CT molecular complexity index is 351. The van der Waals surface area contributed by atoms with Crippen molar-refractivity contribution >= 4 is 44.3 Å². The van der Waals surface area contributed by atoms with Crippen molar-refractivity contribution in [2.75, 3.05) is 0 Å². The topological polar surface area (TPSA) is 26.0 Å². The lowest BCUT2D eigenvalue weighted by Crippen LogP contribution is -2.19. The first kappa shape index (κ1) is 14.5. The van der Waals surface area contributed by atoms with E-state index in [1.165, 1.54) is 31.2 Å². The van der Waals surface area contributed by atoms with Crippen LogP contribution in [-0.2, 0) is 0 Å². The zero-order valence-electron chi connectivity index (χ0n) is 8.96. The van der Waals surface area contributed by atoms with Gasteiger partial charge in [-0.2, -0.15) is 0 Å². The van der Waals surface area contributed by atoms with E-state index < -0.39 is 0 Å². The predicted molar refractivity (Wildman–Crippen MR) is 78.0 cm³/mol. The Morgan fingerprint density at radius 2 is 1.81 bits per heavy atom. The van der Waals surface area contributed by atoms with Crippen LogP contribution in [0.2, 0.25) is 0 Å². The van der Waals surface area contributed by atoms with E-state index in [1.807, 2.05) is 6.07 Å². The lowest BCUT2D eigenvalue weighted by Gasteiger charge is -2.20. The summed E-state index contributed by atoms with van der Waals surface area (Å²) in [6, 6.07) is 6.41. The zero-order valence-corrected chi connectivity index (χ0v) is 12.9. The Kier molecular flexibility index (Phi) is 5.78. The molecule has 4 heteroatoms. The maximum atomic E-state index is 6.32. The van der Waals surface area contributed by atoms with Crippen LogP contribution in [0.5, 0.6) is 0 Å². The second kappa shape index (κ2) is 6.39. The fourth-order valence-corrected chi connectivity index (χ4v) is 3.23. The zero-order chi connectivity index (χ0) is 10.8. The summed E-state index contributed by atoms with van der Waals surface area (Å²) in [6.45, 7) is 0. The third kappa shape index (κ3) is 3.22. The van der Waals surface area contributed by atoms with E-state index in [-0.39, 0.29) is 18.4 Å². The minimum absolute atomic E-state index is 0. The number of rotatable bonds is 2. The summed E-state index contributed by atoms with van der Waals surface area (Å²) in [6.07, 6.45) is 5.23. The molecule has 1 saturated carbocycles. The molecular formula is C12H16Br2ClN. The van der Waals surface area contributed by atoms with E-state index in [1.54, 1.807) is 0 Å². The second-order valence-electron chi connectivity index (χ2n) is 4.24. The molecule has 0 bridgehead atoms. The number of hydrogen-bond acceptors (Lipinski definition) is 1. The molecular weight excluding hydrogens is 353 g/mol. The van der Waals surface area contributed by atoms with Crippen molar-refractivity contribution in [3.63, 3.8) is 0 Å². The average molecular weight is 370 g/mol. The van der Waals surface area contributed by atoms with Crippen LogP contribution in [0.25, 0.3) is 0 Å². The molecule has 0 saturated heterocycles. The maximum Gasteiger partial charge on any atom is 0.0335 e. The van der Waals surface area contributed by atoms with Crippen LogP contribution in [0.3, 0.4) is 0 Å². The Morgan fingerprint density at radius 1 is 1.19 bits per heavy atom. The molecule has 16 heavy (non-hydrogen) atoms. The second-order valence-corrected chi connectivity index (χ2v) is 6.01. The molecule has 1 atom stereocenters. The van der Waals surface area contributed by atoms with Crippen molar-refractivity contribution in [1.82, 2.24) is 0 Å². The summed E-state index contributed by atoms with van der Waals surface area (Å²) >= 11 is 7.07. The molecule has 2 N–H and O–H groups in total. The minimum atomic E-state index is 0. The Morgan fingerprint density at radius 3 is 2.44 bits per heavy atom. The van der Waals surface area contributed by atoms with Crippen LogP contribution in [0.4, 0.5) is 0 Å². The highest BCUT2D eigenvalue weighted by molar-refractivity contribution is 9.11. The first-order chi connectivity index (χ1) is 7.18. The molecule has 1 nitrogen and oxygen atoms in total. The smallest absolute Gasteiger partial charge is 0.0335 e. The van der Waals surface area contributed by atoms with Crippen LogP contribution >= 0.6 is 44.3 Å². The van der Waals surface area contributed by atoms with Crippen LogP contribution in [0, 0.1) is 5.92 Å². The number of nitrogens with two attached hydrogens (primary N) is 1. The van der Waals surface area contributed by atoms with Gasteiger partial charge in [0.15, 0.2) is 0 Å². The summed E-state index contributed by atoms with van der Waals surface area (Å²) in [5.74, 6) is 0.663. The SMILES string of the molecule is Cl.N[C@H](c1cc(Br)ccc1Br)C1CCCC1. The van der Waals surface area contributed by atoms with Crippen LogP contribution in [-0.4, -0.2) is 0 Å². The van der Waals surface area contributed by atoms with E-state index >= 15 is 0 Å². The average Bonchev–Trinajstić information content (AvgIpc) is 2.74. The highest BCUT2D eigenvalue weighted by Gasteiger charge is 2.24. The van der Waals surface area contributed by atoms with E-state index in [9.17, 15) is 0 Å². The minimum Gasteiger partial charge on any atom is -0.324 e. The van der Waals surface area contributed by atoms with Gasteiger partial charge in [-0.3, -0.25) is 0 Å². The molecule has 1 aliphatic carbocycles. The summed E-state index contributed by atoms with van der Waals surface area (Å²) in [5.41, 5.74) is 7.55. The maximum absolute atomic E-state index is 6.32. The van der Waals surface area contributed by atoms with Gasteiger partial charge in [0.25, 0.3) is 0 Å². The van der Waals surface area contributed by atoms with Gasteiger partial charge < -0.3 is 5.73 Å². The van der Waals surface area contributed by atoms with Crippen molar-refractivity contribution in [2.45, 2.75) is 31.7 Å². The van der Waals surface area contributed by atoms with Gasteiger partial charge in [0, 0.05) is 15.0 Å². The van der Waals surface area contributed by atoms with Crippen molar-refractivity contribution in [3.05, 3.63) is 32.7 Å². The molecule has 0 heterocycles. The summed E-state index contributed by atoms with van der Waals surface area (Å²) in [5, 5.41) is 0. The lowest BCUT2D eigenvalue weighted by atomic mass is 9.93. The molecule has 1 aromatic carbocycles. The Hall–Kier alpha value is 0.430. The summed E-state index contributed by atoms with van der Waals surface area (Å²) < 4.78 is 2.24. The van der Waals surface area contributed by atoms with Crippen molar-refractivity contribution in [2.24, 2.45) is 11.7 Å². The number of halogens is 3. The molecule has 0 unspecified atom stereocenters. The van der Waals surface area contributed by atoms with Gasteiger partial charge in [-0.15, -0.1) is 12.4 Å². The first-order valence-corrected chi connectivity index (χ1v) is 6.97.